The molecule has 0 aromatic heterocycles. The molecule has 1 aliphatic heterocycles. The predicted octanol–water partition coefficient (Wildman–Crippen LogP) is 2.09. The molecule has 0 aliphatic carbocycles. The summed E-state index contributed by atoms with van der Waals surface area (Å²) in [7, 11) is -3.49. The van der Waals surface area contributed by atoms with Crippen molar-refractivity contribution in [1.82, 2.24) is 4.31 Å². The van der Waals surface area contributed by atoms with Gasteiger partial charge in [0.05, 0.1) is 11.9 Å². The quantitative estimate of drug-likeness (QED) is 0.836. The molecule has 1 saturated heterocycles. The summed E-state index contributed by atoms with van der Waals surface area (Å²) in [6, 6.07) is 6.44. The first-order valence-electron chi connectivity index (χ1n) is 5.53. The zero-order valence-electron chi connectivity index (χ0n) is 9.80. The second kappa shape index (κ2) is 5.70. The van der Waals surface area contributed by atoms with E-state index in [9.17, 15) is 17.2 Å². The van der Waals surface area contributed by atoms with Crippen LogP contribution in [0, 0.1) is 0 Å². The van der Waals surface area contributed by atoms with E-state index in [2.05, 4.69) is 4.74 Å². The minimum absolute atomic E-state index is 0.0275. The van der Waals surface area contributed by atoms with Gasteiger partial charge in [-0.05, 0) is 17.7 Å². The zero-order chi connectivity index (χ0) is 14.0. The highest BCUT2D eigenvalue weighted by Gasteiger charge is 2.37. The largest absolute Gasteiger partial charge is 0.345 e. The van der Waals surface area contributed by atoms with Crippen molar-refractivity contribution in [2.75, 3.05) is 13.1 Å². The van der Waals surface area contributed by atoms with E-state index in [4.69, 9.17) is 11.6 Å². The van der Waals surface area contributed by atoms with Crippen LogP contribution in [-0.4, -0.2) is 38.5 Å². The molecule has 19 heavy (non-hydrogen) atoms. The number of nitrogens with zero attached hydrogens (tertiary/aromatic N) is 1. The van der Waals surface area contributed by atoms with E-state index in [0.29, 0.717) is 10.6 Å². The van der Waals surface area contributed by atoms with Crippen LogP contribution in [0.4, 0.5) is 8.78 Å². The maximum absolute atomic E-state index is 11.9. The smallest absolute Gasteiger partial charge is 0.317 e. The van der Waals surface area contributed by atoms with Gasteiger partial charge < -0.3 is 4.74 Å². The van der Waals surface area contributed by atoms with E-state index in [1.54, 1.807) is 24.3 Å². The van der Waals surface area contributed by atoms with Crippen LogP contribution < -0.4 is 0 Å². The summed E-state index contributed by atoms with van der Waals surface area (Å²) in [6.45, 7) is -2.92. The van der Waals surface area contributed by atoms with Crippen molar-refractivity contribution in [2.45, 2.75) is 18.5 Å². The van der Waals surface area contributed by atoms with Crippen molar-refractivity contribution in [3.8, 4) is 0 Å². The van der Waals surface area contributed by atoms with Crippen LogP contribution in [0.15, 0.2) is 24.3 Å². The van der Waals surface area contributed by atoms with Crippen LogP contribution in [0.3, 0.4) is 0 Å². The monoisotopic (exact) mass is 311 g/mol. The standard InChI is InChI=1S/C11H12ClF2NO3S/c12-9-3-1-8(2-4-9)7-19(16,17)15-5-10(6-15)18-11(13)14/h1-4,10-11H,5-7H2. The van der Waals surface area contributed by atoms with Crippen LogP contribution >= 0.6 is 11.6 Å². The van der Waals surface area contributed by atoms with E-state index in [1.165, 1.54) is 0 Å². The third-order valence-corrected chi connectivity index (χ3v) is 4.80. The third-order valence-electron chi connectivity index (χ3n) is 2.77. The Morgan fingerprint density at radius 2 is 1.89 bits per heavy atom. The van der Waals surface area contributed by atoms with Crippen molar-refractivity contribution in [1.29, 1.82) is 0 Å². The van der Waals surface area contributed by atoms with Crippen molar-refractivity contribution in [3.05, 3.63) is 34.9 Å². The highest BCUT2D eigenvalue weighted by atomic mass is 35.5. The number of alkyl halides is 2. The maximum Gasteiger partial charge on any atom is 0.345 e. The van der Waals surface area contributed by atoms with Crippen molar-refractivity contribution >= 4 is 21.6 Å². The highest BCUT2D eigenvalue weighted by molar-refractivity contribution is 7.88. The van der Waals surface area contributed by atoms with Crippen molar-refractivity contribution in [3.63, 3.8) is 0 Å². The van der Waals surface area contributed by atoms with Gasteiger partial charge in [0.1, 0.15) is 0 Å². The lowest BCUT2D eigenvalue weighted by atomic mass is 10.2. The highest BCUT2D eigenvalue weighted by Crippen LogP contribution is 2.22. The van der Waals surface area contributed by atoms with Gasteiger partial charge in [-0.1, -0.05) is 23.7 Å². The van der Waals surface area contributed by atoms with Crippen molar-refractivity contribution in [2.24, 2.45) is 0 Å². The fourth-order valence-electron chi connectivity index (χ4n) is 1.74. The number of halogens is 3. The van der Waals surface area contributed by atoms with E-state index < -0.39 is 22.7 Å². The summed E-state index contributed by atoms with van der Waals surface area (Å²) in [5.41, 5.74) is 0.600. The zero-order valence-corrected chi connectivity index (χ0v) is 11.4. The SMILES string of the molecule is O=S(=O)(Cc1ccc(Cl)cc1)N1CC(OC(F)F)C1. The van der Waals surface area contributed by atoms with Gasteiger partial charge in [0.2, 0.25) is 10.0 Å². The van der Waals surface area contributed by atoms with E-state index in [1.807, 2.05) is 0 Å². The summed E-state index contributed by atoms with van der Waals surface area (Å²) in [5, 5.41) is 0.524. The molecule has 1 aromatic carbocycles. The molecule has 0 N–H and O–H groups in total. The minimum Gasteiger partial charge on any atom is -0.317 e. The topological polar surface area (TPSA) is 46.6 Å². The molecule has 1 fully saturated rings. The van der Waals surface area contributed by atoms with E-state index >= 15 is 0 Å². The van der Waals surface area contributed by atoms with E-state index in [0.717, 1.165) is 4.31 Å². The van der Waals surface area contributed by atoms with Gasteiger partial charge in [0.25, 0.3) is 0 Å². The molecule has 0 unspecified atom stereocenters. The number of hydrogen-bond donors (Lipinski definition) is 0. The fraction of sp³-hybridized carbons (Fsp3) is 0.455. The first-order chi connectivity index (χ1) is 8.87. The van der Waals surface area contributed by atoms with Gasteiger partial charge in [-0.25, -0.2) is 8.42 Å². The third kappa shape index (κ3) is 3.85. The Labute approximate surface area is 115 Å². The molecule has 0 radical (unpaired) electrons. The van der Waals surface area contributed by atoms with Crippen LogP contribution in [0.2, 0.25) is 5.02 Å². The second-order valence-electron chi connectivity index (χ2n) is 4.22. The Morgan fingerprint density at radius 3 is 2.42 bits per heavy atom. The molecule has 0 saturated carbocycles. The molecule has 0 atom stereocenters. The molecule has 1 heterocycles. The summed E-state index contributed by atoms with van der Waals surface area (Å²) >= 11 is 5.70. The Hall–Kier alpha value is -0.760. The van der Waals surface area contributed by atoms with Gasteiger partial charge in [0.15, 0.2) is 0 Å². The van der Waals surface area contributed by atoms with Crippen LogP contribution in [-0.2, 0) is 20.5 Å². The Bertz CT molecular complexity index is 529. The summed E-state index contributed by atoms with van der Waals surface area (Å²) in [6.07, 6.45) is -0.722. The lowest BCUT2D eigenvalue weighted by Gasteiger charge is -2.37. The number of sulfonamides is 1. The van der Waals surface area contributed by atoms with Gasteiger partial charge >= 0.3 is 6.61 Å². The Kier molecular flexibility index (Phi) is 4.39. The molecular weight excluding hydrogens is 300 g/mol. The lowest BCUT2D eigenvalue weighted by molar-refractivity contribution is -0.185. The lowest BCUT2D eigenvalue weighted by Crippen LogP contribution is -2.55. The summed E-state index contributed by atoms with van der Waals surface area (Å²) in [5.74, 6) is -0.175. The van der Waals surface area contributed by atoms with Crippen LogP contribution in [0.1, 0.15) is 5.56 Å². The average molecular weight is 312 g/mol. The summed E-state index contributed by atoms with van der Waals surface area (Å²) in [4.78, 5) is 0. The molecule has 4 nitrogen and oxygen atoms in total. The average Bonchev–Trinajstić information content (AvgIpc) is 2.25. The normalized spacial score (nSPS) is 17.7. The second-order valence-corrected chi connectivity index (χ2v) is 6.62. The number of benzene rings is 1. The molecule has 0 spiro atoms. The molecule has 0 amide bonds. The van der Waals surface area contributed by atoms with E-state index in [-0.39, 0.29) is 18.8 Å². The number of ether oxygens (including phenoxy) is 1. The Balaban J connectivity index is 1.92. The fourth-order valence-corrected chi connectivity index (χ4v) is 3.45. The number of rotatable bonds is 5. The van der Waals surface area contributed by atoms with Gasteiger partial charge in [-0.3, -0.25) is 0 Å². The van der Waals surface area contributed by atoms with Crippen molar-refractivity contribution < 1.29 is 21.9 Å². The molecule has 1 aromatic rings. The Morgan fingerprint density at radius 1 is 1.32 bits per heavy atom. The van der Waals surface area contributed by atoms with Gasteiger partial charge in [0, 0.05) is 18.1 Å². The molecular formula is C11H12ClF2NO3S. The van der Waals surface area contributed by atoms with Gasteiger partial charge in [-0.15, -0.1) is 0 Å². The minimum atomic E-state index is -3.49. The molecule has 2 rings (SSSR count). The summed E-state index contributed by atoms with van der Waals surface area (Å²) < 4.78 is 53.1. The number of hydrogen-bond acceptors (Lipinski definition) is 3. The first-order valence-corrected chi connectivity index (χ1v) is 7.51. The molecule has 8 heteroatoms. The first kappa shape index (κ1) is 14.6. The maximum atomic E-state index is 11.9. The van der Waals surface area contributed by atoms with Gasteiger partial charge in [-0.2, -0.15) is 13.1 Å². The molecule has 1 aliphatic rings. The molecule has 106 valence electrons. The van der Waals surface area contributed by atoms with Crippen LogP contribution in [0.25, 0.3) is 0 Å². The van der Waals surface area contributed by atoms with Crippen LogP contribution in [0.5, 0.6) is 0 Å². The predicted molar refractivity (Wildman–Crippen MR) is 66.5 cm³/mol. The molecule has 0 bridgehead atoms.